The molecule has 1 N–H and O–H groups in total. The van der Waals surface area contributed by atoms with Gasteiger partial charge in [-0.25, -0.2) is 4.98 Å². The summed E-state index contributed by atoms with van der Waals surface area (Å²) in [5, 5.41) is 12.1. The van der Waals surface area contributed by atoms with Gasteiger partial charge in [0.25, 0.3) is 0 Å². The number of benzene rings is 2. The zero-order valence-electron chi connectivity index (χ0n) is 14.2. The molecule has 1 atom stereocenters. The summed E-state index contributed by atoms with van der Waals surface area (Å²) in [6, 6.07) is 10.7. The molecule has 4 nitrogen and oxygen atoms in total. The van der Waals surface area contributed by atoms with Gasteiger partial charge in [0.1, 0.15) is 6.73 Å². The number of alkyl halides is 3. The maximum absolute atomic E-state index is 12.9. The molecule has 27 heavy (non-hydrogen) atoms. The van der Waals surface area contributed by atoms with Crippen molar-refractivity contribution in [2.24, 2.45) is 0 Å². The molecule has 0 saturated heterocycles. The Labute approximate surface area is 158 Å². The SMILES string of the molecule is COCn1ccnc1[C@](O)(c1ccc(Cl)cc1)c1ccc(C(F)(F)F)cc1. The lowest BCUT2D eigenvalue weighted by Gasteiger charge is -2.29. The summed E-state index contributed by atoms with van der Waals surface area (Å²) in [6.45, 7) is 0.117. The van der Waals surface area contributed by atoms with Crippen LogP contribution >= 0.6 is 11.6 Å². The van der Waals surface area contributed by atoms with Crippen LogP contribution in [0.25, 0.3) is 0 Å². The monoisotopic (exact) mass is 396 g/mol. The predicted molar refractivity (Wildman–Crippen MR) is 94.2 cm³/mol. The van der Waals surface area contributed by atoms with E-state index >= 15 is 0 Å². The van der Waals surface area contributed by atoms with Crippen LogP contribution in [0.4, 0.5) is 13.2 Å². The number of halogens is 4. The molecular formula is C19H16ClF3N2O2. The first kappa shape index (κ1) is 19.4. The van der Waals surface area contributed by atoms with E-state index < -0.39 is 17.3 Å². The number of rotatable bonds is 5. The minimum atomic E-state index is -4.47. The van der Waals surface area contributed by atoms with Crippen LogP contribution in [0.3, 0.4) is 0 Å². The Kier molecular flexibility index (Phi) is 5.28. The van der Waals surface area contributed by atoms with Crippen molar-refractivity contribution in [3.8, 4) is 0 Å². The first-order chi connectivity index (χ1) is 12.8. The van der Waals surface area contributed by atoms with E-state index in [1.54, 1.807) is 35.0 Å². The average Bonchev–Trinajstić information content (AvgIpc) is 3.10. The quantitative estimate of drug-likeness (QED) is 0.693. The van der Waals surface area contributed by atoms with Crippen LogP contribution in [0.2, 0.25) is 5.02 Å². The average molecular weight is 397 g/mol. The normalized spacial score (nSPS) is 14.1. The third kappa shape index (κ3) is 3.71. The second-order valence-electron chi connectivity index (χ2n) is 5.93. The largest absolute Gasteiger partial charge is 0.416 e. The van der Waals surface area contributed by atoms with Gasteiger partial charge in [-0.3, -0.25) is 0 Å². The van der Waals surface area contributed by atoms with Crippen LogP contribution in [-0.4, -0.2) is 21.8 Å². The summed E-state index contributed by atoms with van der Waals surface area (Å²) in [6.07, 6.45) is -1.37. The molecule has 0 unspecified atom stereocenters. The fourth-order valence-corrected chi connectivity index (χ4v) is 3.02. The van der Waals surface area contributed by atoms with E-state index in [0.29, 0.717) is 10.6 Å². The van der Waals surface area contributed by atoms with Crippen molar-refractivity contribution < 1.29 is 23.0 Å². The van der Waals surface area contributed by atoms with Crippen molar-refractivity contribution in [2.75, 3.05) is 7.11 Å². The minimum absolute atomic E-state index is 0.117. The van der Waals surface area contributed by atoms with Crippen molar-refractivity contribution in [1.29, 1.82) is 0 Å². The topological polar surface area (TPSA) is 47.3 Å². The number of aliphatic hydroxyl groups is 1. The molecule has 0 aliphatic rings. The van der Waals surface area contributed by atoms with Crippen LogP contribution in [-0.2, 0) is 23.2 Å². The highest BCUT2D eigenvalue weighted by Crippen LogP contribution is 2.38. The summed E-state index contributed by atoms with van der Waals surface area (Å²) in [5.74, 6) is 0.214. The van der Waals surface area contributed by atoms with E-state index in [1.807, 2.05) is 0 Å². The molecule has 0 fully saturated rings. The smallest absolute Gasteiger partial charge is 0.373 e. The molecule has 0 bridgehead atoms. The van der Waals surface area contributed by atoms with Crippen molar-refractivity contribution in [3.63, 3.8) is 0 Å². The second-order valence-corrected chi connectivity index (χ2v) is 6.37. The zero-order valence-corrected chi connectivity index (χ0v) is 15.0. The highest BCUT2D eigenvalue weighted by molar-refractivity contribution is 6.30. The van der Waals surface area contributed by atoms with Crippen LogP contribution < -0.4 is 0 Å². The van der Waals surface area contributed by atoms with Crippen LogP contribution in [0, 0.1) is 0 Å². The molecule has 0 radical (unpaired) electrons. The molecule has 8 heteroatoms. The van der Waals surface area contributed by atoms with Crippen molar-refractivity contribution in [2.45, 2.75) is 18.5 Å². The number of nitrogens with zero attached hydrogens (tertiary/aromatic N) is 2. The van der Waals surface area contributed by atoms with Crippen LogP contribution in [0.5, 0.6) is 0 Å². The molecule has 0 saturated carbocycles. The van der Waals surface area contributed by atoms with E-state index in [0.717, 1.165) is 12.1 Å². The van der Waals surface area contributed by atoms with Gasteiger partial charge in [-0.2, -0.15) is 13.2 Å². The van der Waals surface area contributed by atoms with Gasteiger partial charge < -0.3 is 14.4 Å². The van der Waals surface area contributed by atoms with Crippen molar-refractivity contribution >= 4 is 11.6 Å². The fourth-order valence-electron chi connectivity index (χ4n) is 2.89. The highest BCUT2D eigenvalue weighted by atomic mass is 35.5. The number of methoxy groups -OCH3 is 1. The Balaban J connectivity index is 2.18. The number of hydrogen-bond acceptors (Lipinski definition) is 3. The van der Waals surface area contributed by atoms with E-state index in [1.165, 1.54) is 25.4 Å². The summed E-state index contributed by atoms with van der Waals surface area (Å²) in [7, 11) is 1.49. The van der Waals surface area contributed by atoms with E-state index in [4.69, 9.17) is 16.3 Å². The molecule has 3 rings (SSSR count). The molecule has 142 valence electrons. The lowest BCUT2D eigenvalue weighted by atomic mass is 9.85. The molecule has 0 spiro atoms. The molecule has 0 aliphatic carbocycles. The van der Waals surface area contributed by atoms with E-state index in [-0.39, 0.29) is 18.1 Å². The van der Waals surface area contributed by atoms with Gasteiger partial charge in [0, 0.05) is 24.5 Å². The standard InChI is InChI=1S/C19H16ClF3N2O2/c1-27-12-25-11-10-24-17(25)18(26,14-6-8-16(20)9-7-14)13-2-4-15(5-3-13)19(21,22)23/h2-11,26H,12H2,1H3/t18-/m1/s1. The lowest BCUT2D eigenvalue weighted by Crippen LogP contribution is -2.33. The molecule has 0 amide bonds. The second kappa shape index (κ2) is 7.34. The molecule has 1 aromatic heterocycles. The maximum atomic E-state index is 12.9. The van der Waals surface area contributed by atoms with Gasteiger partial charge in [0.15, 0.2) is 11.4 Å². The van der Waals surface area contributed by atoms with Gasteiger partial charge in [0.05, 0.1) is 5.56 Å². The van der Waals surface area contributed by atoms with Crippen LogP contribution in [0.1, 0.15) is 22.5 Å². The van der Waals surface area contributed by atoms with Gasteiger partial charge in [-0.05, 0) is 35.4 Å². The van der Waals surface area contributed by atoms with Gasteiger partial charge >= 0.3 is 6.18 Å². The van der Waals surface area contributed by atoms with Gasteiger partial charge in [-0.15, -0.1) is 0 Å². The molecule has 3 aromatic rings. The molecule has 0 aliphatic heterocycles. The minimum Gasteiger partial charge on any atom is -0.373 e. The van der Waals surface area contributed by atoms with Gasteiger partial charge in [-0.1, -0.05) is 35.9 Å². The Bertz CT molecular complexity index is 908. The Morgan fingerprint density at radius 1 is 1.00 bits per heavy atom. The van der Waals surface area contributed by atoms with Gasteiger partial charge in [0.2, 0.25) is 0 Å². The highest BCUT2D eigenvalue weighted by Gasteiger charge is 2.39. The number of hydrogen-bond donors (Lipinski definition) is 1. The summed E-state index contributed by atoms with van der Waals surface area (Å²) in [4.78, 5) is 4.23. The number of imidazole rings is 1. The summed E-state index contributed by atoms with van der Waals surface area (Å²) in [5.41, 5.74) is -1.95. The first-order valence-electron chi connectivity index (χ1n) is 7.93. The lowest BCUT2D eigenvalue weighted by molar-refractivity contribution is -0.137. The Morgan fingerprint density at radius 3 is 2.04 bits per heavy atom. The number of ether oxygens (including phenoxy) is 1. The Hall–Kier alpha value is -2.35. The predicted octanol–water partition coefficient (Wildman–Crippen LogP) is 4.44. The van der Waals surface area contributed by atoms with Crippen LogP contribution in [0.15, 0.2) is 60.9 Å². The van der Waals surface area contributed by atoms with Crippen molar-refractivity contribution in [3.05, 3.63) is 88.5 Å². The van der Waals surface area contributed by atoms with Crippen molar-refractivity contribution in [1.82, 2.24) is 9.55 Å². The third-order valence-corrected chi connectivity index (χ3v) is 4.45. The Morgan fingerprint density at radius 2 is 1.52 bits per heavy atom. The fraction of sp³-hybridized carbons (Fsp3) is 0.211. The molecule has 1 heterocycles. The zero-order chi connectivity index (χ0) is 19.7. The molecular weight excluding hydrogens is 381 g/mol. The molecule has 2 aromatic carbocycles. The summed E-state index contributed by atoms with van der Waals surface area (Å²) < 4.78 is 45.4. The number of aromatic nitrogens is 2. The van der Waals surface area contributed by atoms with E-state index in [9.17, 15) is 18.3 Å². The third-order valence-electron chi connectivity index (χ3n) is 4.20. The first-order valence-corrected chi connectivity index (χ1v) is 8.31. The van der Waals surface area contributed by atoms with E-state index in [2.05, 4.69) is 4.98 Å². The summed E-state index contributed by atoms with van der Waals surface area (Å²) >= 11 is 5.94. The maximum Gasteiger partial charge on any atom is 0.416 e.